The van der Waals surface area contributed by atoms with Crippen molar-refractivity contribution in [2.75, 3.05) is 38.3 Å². The molecule has 0 radical (unpaired) electrons. The molecule has 1 aliphatic heterocycles. The lowest BCUT2D eigenvalue weighted by Gasteiger charge is -2.38. The van der Waals surface area contributed by atoms with Crippen LogP contribution in [0.2, 0.25) is 10.0 Å². The summed E-state index contributed by atoms with van der Waals surface area (Å²) in [5.41, 5.74) is 2.45. The first-order chi connectivity index (χ1) is 20.5. The minimum Gasteiger partial charge on any atom is -0.496 e. The lowest BCUT2D eigenvalue weighted by molar-refractivity contribution is -0.136. The minimum atomic E-state index is -0.669. The maximum absolute atomic E-state index is 13.9. The summed E-state index contributed by atoms with van der Waals surface area (Å²) in [4.78, 5) is 30.4. The number of ether oxygens (including phenoxy) is 3. The molecule has 1 saturated heterocycles. The quantitative estimate of drug-likeness (QED) is 0.258. The van der Waals surface area contributed by atoms with Crippen LogP contribution in [-0.2, 0) is 27.5 Å². The Kier molecular flexibility index (Phi) is 10.2. The van der Waals surface area contributed by atoms with E-state index >= 15 is 0 Å². The Balaban J connectivity index is 1.17. The normalized spacial score (nSPS) is 16.8. The van der Waals surface area contributed by atoms with Crippen molar-refractivity contribution < 1.29 is 23.8 Å². The highest BCUT2D eigenvalue weighted by Crippen LogP contribution is 2.34. The van der Waals surface area contributed by atoms with Gasteiger partial charge in [-0.2, -0.15) is 0 Å². The zero-order valence-electron chi connectivity index (χ0n) is 23.6. The SMILES string of the molecule is COc1ccccc1COCCCOc1ccc(N2C(=O)CNC[C@@H]2C(=O)N(Cc2cccc(Cl)c2Cl)C2CC2)cc1. The van der Waals surface area contributed by atoms with E-state index in [1.165, 1.54) is 0 Å². The molecule has 2 aliphatic rings. The van der Waals surface area contributed by atoms with Gasteiger partial charge in [0.25, 0.3) is 0 Å². The fourth-order valence-corrected chi connectivity index (χ4v) is 5.44. The van der Waals surface area contributed by atoms with Crippen molar-refractivity contribution in [1.82, 2.24) is 10.2 Å². The number of rotatable bonds is 13. The van der Waals surface area contributed by atoms with E-state index in [0.29, 0.717) is 54.4 Å². The summed E-state index contributed by atoms with van der Waals surface area (Å²) in [7, 11) is 1.65. The number of benzene rings is 3. The maximum Gasteiger partial charge on any atom is 0.247 e. The molecule has 8 nitrogen and oxygen atoms in total. The van der Waals surface area contributed by atoms with Crippen LogP contribution in [-0.4, -0.2) is 62.2 Å². The van der Waals surface area contributed by atoms with Gasteiger partial charge in [-0.15, -0.1) is 0 Å². The summed E-state index contributed by atoms with van der Waals surface area (Å²) in [5.74, 6) is 1.23. The number of para-hydroxylation sites is 1. The van der Waals surface area contributed by atoms with Gasteiger partial charge in [0.05, 0.1) is 43.5 Å². The largest absolute Gasteiger partial charge is 0.496 e. The Labute approximate surface area is 256 Å². The average molecular weight is 613 g/mol. The van der Waals surface area contributed by atoms with Crippen LogP contribution in [0.4, 0.5) is 5.69 Å². The third-order valence-electron chi connectivity index (χ3n) is 7.39. The lowest BCUT2D eigenvalue weighted by Crippen LogP contribution is -2.61. The molecule has 2 fully saturated rings. The zero-order chi connectivity index (χ0) is 29.5. The second-order valence-electron chi connectivity index (χ2n) is 10.4. The molecule has 1 saturated carbocycles. The molecule has 1 N–H and O–H groups in total. The highest BCUT2D eigenvalue weighted by atomic mass is 35.5. The van der Waals surface area contributed by atoms with Gasteiger partial charge >= 0.3 is 0 Å². The standard InChI is InChI=1S/C32H35Cl2N3O5/c1-40-29-9-3-2-6-23(29)21-41-16-5-17-42-26-14-12-25(13-15-26)37-28(18-35-19-30(37)38)32(39)36(24-10-11-24)20-22-7-4-8-27(33)31(22)34/h2-4,6-9,12-15,24,28,35H,5,10-11,16-21H2,1H3/t28-/m1/s1. The molecule has 42 heavy (non-hydrogen) atoms. The van der Waals surface area contributed by atoms with Crippen LogP contribution in [0.1, 0.15) is 30.4 Å². The molecule has 0 bridgehead atoms. The van der Waals surface area contributed by atoms with Crippen LogP contribution >= 0.6 is 23.2 Å². The first-order valence-corrected chi connectivity index (χ1v) is 14.9. The molecule has 3 aromatic rings. The number of halogens is 2. The van der Waals surface area contributed by atoms with E-state index in [2.05, 4.69) is 5.32 Å². The Bertz CT molecular complexity index is 1380. The van der Waals surface area contributed by atoms with Crippen molar-refractivity contribution in [2.24, 2.45) is 0 Å². The first kappa shape index (κ1) is 30.2. The molecular formula is C32H35Cl2N3O5. The summed E-state index contributed by atoms with van der Waals surface area (Å²) in [6, 6.07) is 20.0. The summed E-state index contributed by atoms with van der Waals surface area (Å²) < 4.78 is 17.0. The summed E-state index contributed by atoms with van der Waals surface area (Å²) in [5, 5.41) is 4.01. The van der Waals surface area contributed by atoms with Crippen LogP contribution in [0.3, 0.4) is 0 Å². The van der Waals surface area contributed by atoms with Gasteiger partial charge in [0.2, 0.25) is 11.8 Å². The number of hydrogen-bond acceptors (Lipinski definition) is 6. The van der Waals surface area contributed by atoms with Gasteiger partial charge < -0.3 is 24.4 Å². The van der Waals surface area contributed by atoms with Gasteiger partial charge in [0.15, 0.2) is 0 Å². The lowest BCUT2D eigenvalue weighted by atomic mass is 10.1. The van der Waals surface area contributed by atoms with E-state index in [4.69, 9.17) is 37.4 Å². The molecule has 1 heterocycles. The molecule has 1 aliphatic carbocycles. The summed E-state index contributed by atoms with van der Waals surface area (Å²) >= 11 is 12.7. The minimum absolute atomic E-state index is 0.109. The third kappa shape index (κ3) is 7.36. The number of piperazine rings is 1. The fourth-order valence-electron chi connectivity index (χ4n) is 5.06. The van der Waals surface area contributed by atoms with Crippen molar-refractivity contribution in [3.63, 3.8) is 0 Å². The number of amides is 2. The number of hydrogen-bond donors (Lipinski definition) is 1. The molecule has 10 heteroatoms. The smallest absolute Gasteiger partial charge is 0.247 e. The van der Waals surface area contributed by atoms with Crippen LogP contribution in [0.25, 0.3) is 0 Å². The monoisotopic (exact) mass is 611 g/mol. The Morgan fingerprint density at radius 1 is 1.00 bits per heavy atom. The highest BCUT2D eigenvalue weighted by molar-refractivity contribution is 6.42. The second-order valence-corrected chi connectivity index (χ2v) is 11.2. The number of anilines is 1. The molecular weight excluding hydrogens is 577 g/mol. The van der Waals surface area contributed by atoms with Gasteiger partial charge in [-0.05, 0) is 54.8 Å². The van der Waals surface area contributed by atoms with Crippen molar-refractivity contribution in [3.05, 3.63) is 87.9 Å². The van der Waals surface area contributed by atoms with Gasteiger partial charge in [-0.25, -0.2) is 0 Å². The second kappa shape index (κ2) is 14.2. The summed E-state index contributed by atoms with van der Waals surface area (Å²) in [6.45, 7) is 2.39. The van der Waals surface area contributed by atoms with Crippen molar-refractivity contribution >= 4 is 40.7 Å². The molecule has 0 unspecified atom stereocenters. The maximum atomic E-state index is 13.9. The molecule has 5 rings (SSSR count). The topological polar surface area (TPSA) is 80.3 Å². The van der Waals surface area contributed by atoms with E-state index in [9.17, 15) is 9.59 Å². The van der Waals surface area contributed by atoms with E-state index in [1.54, 1.807) is 18.1 Å². The third-order valence-corrected chi connectivity index (χ3v) is 8.25. The van der Waals surface area contributed by atoms with Gasteiger partial charge in [-0.1, -0.05) is 53.5 Å². The van der Waals surface area contributed by atoms with Gasteiger partial charge in [0, 0.05) is 36.8 Å². The van der Waals surface area contributed by atoms with Crippen LogP contribution in [0, 0.1) is 0 Å². The zero-order valence-corrected chi connectivity index (χ0v) is 25.1. The number of nitrogens with one attached hydrogen (secondary N) is 1. The molecule has 222 valence electrons. The Morgan fingerprint density at radius 3 is 2.52 bits per heavy atom. The van der Waals surface area contributed by atoms with Crippen molar-refractivity contribution in [3.8, 4) is 11.5 Å². The van der Waals surface area contributed by atoms with Gasteiger partial charge in [0.1, 0.15) is 17.5 Å². The predicted molar refractivity (Wildman–Crippen MR) is 163 cm³/mol. The number of nitrogens with zero attached hydrogens (tertiary/aromatic N) is 2. The molecule has 0 spiro atoms. The van der Waals surface area contributed by atoms with E-state index in [1.807, 2.05) is 65.6 Å². The molecule has 0 aromatic heterocycles. The first-order valence-electron chi connectivity index (χ1n) is 14.1. The van der Waals surface area contributed by atoms with E-state index < -0.39 is 6.04 Å². The van der Waals surface area contributed by atoms with Crippen LogP contribution in [0.5, 0.6) is 11.5 Å². The van der Waals surface area contributed by atoms with Crippen LogP contribution in [0.15, 0.2) is 66.7 Å². The number of methoxy groups -OCH3 is 1. The Hall–Kier alpha value is -3.30. The highest BCUT2D eigenvalue weighted by Gasteiger charge is 2.41. The van der Waals surface area contributed by atoms with Crippen molar-refractivity contribution in [1.29, 1.82) is 0 Å². The van der Waals surface area contributed by atoms with Crippen LogP contribution < -0.4 is 19.7 Å². The summed E-state index contributed by atoms with van der Waals surface area (Å²) in [6.07, 6.45) is 2.57. The number of carbonyl (C=O) groups excluding carboxylic acids is 2. The molecule has 1 atom stereocenters. The van der Waals surface area contributed by atoms with E-state index in [-0.39, 0.29) is 24.4 Å². The number of carbonyl (C=O) groups is 2. The predicted octanol–water partition coefficient (Wildman–Crippen LogP) is 5.48. The van der Waals surface area contributed by atoms with E-state index in [0.717, 1.165) is 36.1 Å². The molecule has 3 aromatic carbocycles. The fraction of sp³-hybridized carbons (Fsp3) is 0.375. The average Bonchev–Trinajstić information content (AvgIpc) is 3.85. The molecule has 2 amide bonds. The van der Waals surface area contributed by atoms with Gasteiger partial charge in [-0.3, -0.25) is 14.5 Å². The Morgan fingerprint density at radius 2 is 1.76 bits per heavy atom. The van der Waals surface area contributed by atoms with Crippen molar-refractivity contribution in [2.45, 2.75) is 44.5 Å².